The smallest absolute Gasteiger partial charge is 0.240 e. The van der Waals surface area contributed by atoms with Gasteiger partial charge in [0, 0.05) is 24.5 Å². The van der Waals surface area contributed by atoms with Crippen molar-refractivity contribution in [1.29, 1.82) is 0 Å². The van der Waals surface area contributed by atoms with Crippen molar-refractivity contribution in [1.82, 2.24) is 9.62 Å². The molecule has 0 fully saturated rings. The second-order valence-electron chi connectivity index (χ2n) is 7.28. The number of fused-ring (bicyclic) bond motifs is 1. The van der Waals surface area contributed by atoms with Crippen LogP contribution in [-0.4, -0.2) is 26.4 Å². The standard InChI is InChI=1S/C22H23FN2O2S2/c1-16-13-19(8-9-20(16)23)29(26,27)24-14-21(22-7-4-12-28-22)25-11-10-17-5-2-3-6-18(17)15-25/h2-9,12-13,21,24H,10-11,14-15H2,1H3. The number of sulfonamides is 1. The summed E-state index contributed by atoms with van der Waals surface area (Å²) in [6.45, 7) is 3.49. The van der Waals surface area contributed by atoms with Gasteiger partial charge in [-0.05, 0) is 59.7 Å². The Morgan fingerprint density at radius 1 is 1.14 bits per heavy atom. The van der Waals surface area contributed by atoms with Crippen LogP contribution in [0.25, 0.3) is 0 Å². The number of rotatable bonds is 6. The molecule has 0 radical (unpaired) electrons. The van der Waals surface area contributed by atoms with Crippen LogP contribution in [0.4, 0.5) is 4.39 Å². The van der Waals surface area contributed by atoms with Crippen molar-refractivity contribution >= 4 is 21.4 Å². The quantitative estimate of drug-likeness (QED) is 0.635. The maximum Gasteiger partial charge on any atom is 0.240 e. The van der Waals surface area contributed by atoms with E-state index in [-0.39, 0.29) is 17.5 Å². The molecule has 29 heavy (non-hydrogen) atoms. The summed E-state index contributed by atoms with van der Waals surface area (Å²) in [6, 6.07) is 16.3. The Hall–Kier alpha value is -2.06. The lowest BCUT2D eigenvalue weighted by molar-refractivity contribution is 0.183. The fourth-order valence-corrected chi connectivity index (χ4v) is 5.71. The van der Waals surface area contributed by atoms with Gasteiger partial charge in [0.15, 0.2) is 0 Å². The van der Waals surface area contributed by atoms with Gasteiger partial charge in [0.05, 0.1) is 10.9 Å². The van der Waals surface area contributed by atoms with Gasteiger partial charge in [0.2, 0.25) is 10.0 Å². The van der Waals surface area contributed by atoms with Crippen LogP contribution < -0.4 is 4.72 Å². The van der Waals surface area contributed by atoms with Gasteiger partial charge in [-0.25, -0.2) is 17.5 Å². The van der Waals surface area contributed by atoms with Crippen molar-refractivity contribution < 1.29 is 12.8 Å². The largest absolute Gasteiger partial charge is 0.290 e. The Morgan fingerprint density at radius 3 is 2.66 bits per heavy atom. The summed E-state index contributed by atoms with van der Waals surface area (Å²) in [5.74, 6) is -0.410. The van der Waals surface area contributed by atoms with E-state index in [1.54, 1.807) is 18.3 Å². The zero-order chi connectivity index (χ0) is 20.4. The summed E-state index contributed by atoms with van der Waals surface area (Å²) >= 11 is 1.63. The lowest BCUT2D eigenvalue weighted by atomic mass is 9.98. The lowest BCUT2D eigenvalue weighted by Gasteiger charge is -2.35. The van der Waals surface area contributed by atoms with Crippen LogP contribution in [0.2, 0.25) is 0 Å². The highest BCUT2D eigenvalue weighted by atomic mass is 32.2. The van der Waals surface area contributed by atoms with Gasteiger partial charge in [0.1, 0.15) is 5.82 Å². The Morgan fingerprint density at radius 2 is 1.93 bits per heavy atom. The SMILES string of the molecule is Cc1cc(S(=O)(=O)NCC(c2cccs2)N2CCc3ccccc3C2)ccc1F. The van der Waals surface area contributed by atoms with Gasteiger partial charge in [-0.3, -0.25) is 4.90 Å². The van der Waals surface area contributed by atoms with E-state index < -0.39 is 15.8 Å². The van der Waals surface area contributed by atoms with Crippen LogP contribution in [-0.2, 0) is 23.0 Å². The van der Waals surface area contributed by atoms with Gasteiger partial charge in [-0.15, -0.1) is 11.3 Å². The first kappa shape index (κ1) is 20.2. The summed E-state index contributed by atoms with van der Waals surface area (Å²) < 4.78 is 41.9. The number of nitrogens with zero attached hydrogens (tertiary/aromatic N) is 1. The van der Waals surface area contributed by atoms with Crippen molar-refractivity contribution in [3.05, 3.63) is 87.4 Å². The van der Waals surface area contributed by atoms with E-state index in [1.165, 1.54) is 29.3 Å². The number of aryl methyl sites for hydroxylation is 1. The maximum absolute atomic E-state index is 13.5. The molecule has 1 aliphatic rings. The first-order valence-electron chi connectivity index (χ1n) is 9.54. The third kappa shape index (κ3) is 4.43. The van der Waals surface area contributed by atoms with Crippen molar-refractivity contribution in [3.63, 3.8) is 0 Å². The molecule has 0 amide bonds. The highest BCUT2D eigenvalue weighted by molar-refractivity contribution is 7.89. The molecule has 1 N–H and O–H groups in total. The molecule has 4 rings (SSSR count). The van der Waals surface area contributed by atoms with Crippen LogP contribution in [0.5, 0.6) is 0 Å². The highest BCUT2D eigenvalue weighted by Crippen LogP contribution is 2.30. The minimum atomic E-state index is -3.72. The molecular formula is C22H23FN2O2S2. The average Bonchev–Trinajstić information content (AvgIpc) is 3.24. The molecule has 4 nitrogen and oxygen atoms in total. The minimum Gasteiger partial charge on any atom is -0.290 e. The van der Waals surface area contributed by atoms with Gasteiger partial charge >= 0.3 is 0 Å². The van der Waals surface area contributed by atoms with E-state index in [9.17, 15) is 12.8 Å². The second kappa shape index (κ2) is 8.36. The van der Waals surface area contributed by atoms with E-state index in [0.717, 1.165) is 24.4 Å². The van der Waals surface area contributed by atoms with Crippen molar-refractivity contribution in [3.8, 4) is 0 Å². The minimum absolute atomic E-state index is 0.0559. The summed E-state index contributed by atoms with van der Waals surface area (Å²) in [7, 11) is -3.72. The topological polar surface area (TPSA) is 49.4 Å². The zero-order valence-electron chi connectivity index (χ0n) is 16.1. The summed E-state index contributed by atoms with van der Waals surface area (Å²) in [5.41, 5.74) is 2.96. The van der Waals surface area contributed by atoms with Crippen LogP contribution >= 0.6 is 11.3 Å². The van der Waals surface area contributed by atoms with E-state index in [2.05, 4.69) is 27.8 Å². The third-order valence-corrected chi connectivity index (χ3v) is 7.77. The van der Waals surface area contributed by atoms with Crippen LogP contribution in [0.15, 0.2) is 64.9 Å². The molecule has 2 heterocycles. The Labute approximate surface area is 175 Å². The first-order chi connectivity index (χ1) is 13.9. The highest BCUT2D eigenvalue weighted by Gasteiger charge is 2.27. The second-order valence-corrected chi connectivity index (χ2v) is 10.0. The molecule has 152 valence electrons. The van der Waals surface area contributed by atoms with Gasteiger partial charge in [-0.2, -0.15) is 0 Å². The molecule has 0 aliphatic carbocycles. The third-order valence-electron chi connectivity index (χ3n) is 5.38. The molecule has 1 atom stereocenters. The molecule has 3 aromatic rings. The number of halogens is 1. The van der Waals surface area contributed by atoms with Gasteiger partial charge < -0.3 is 0 Å². The summed E-state index contributed by atoms with van der Waals surface area (Å²) in [5, 5.41) is 2.01. The number of hydrogen-bond acceptors (Lipinski definition) is 4. The average molecular weight is 431 g/mol. The van der Waals surface area contributed by atoms with Crippen LogP contribution in [0.3, 0.4) is 0 Å². The monoisotopic (exact) mass is 430 g/mol. The van der Waals surface area contributed by atoms with E-state index in [1.807, 2.05) is 23.6 Å². The predicted octanol–water partition coefficient (Wildman–Crippen LogP) is 4.27. The Kier molecular flexibility index (Phi) is 5.83. The molecule has 7 heteroatoms. The van der Waals surface area contributed by atoms with E-state index >= 15 is 0 Å². The summed E-state index contributed by atoms with van der Waals surface area (Å²) in [4.78, 5) is 3.54. The van der Waals surface area contributed by atoms with Crippen molar-refractivity contribution in [2.45, 2.75) is 30.8 Å². The van der Waals surface area contributed by atoms with E-state index in [0.29, 0.717) is 5.56 Å². The molecule has 0 spiro atoms. The Balaban J connectivity index is 1.55. The molecule has 0 saturated carbocycles. The number of benzene rings is 2. The van der Waals surface area contributed by atoms with Gasteiger partial charge in [0.25, 0.3) is 0 Å². The molecule has 0 bridgehead atoms. The normalized spacial score (nSPS) is 15.8. The van der Waals surface area contributed by atoms with E-state index in [4.69, 9.17) is 0 Å². The lowest BCUT2D eigenvalue weighted by Crippen LogP contribution is -2.40. The number of hydrogen-bond donors (Lipinski definition) is 1. The van der Waals surface area contributed by atoms with Crippen LogP contribution in [0.1, 0.15) is 27.6 Å². The first-order valence-corrected chi connectivity index (χ1v) is 11.9. The molecule has 0 saturated heterocycles. The molecule has 1 aromatic heterocycles. The van der Waals surface area contributed by atoms with Crippen LogP contribution in [0, 0.1) is 12.7 Å². The van der Waals surface area contributed by atoms with Crippen molar-refractivity contribution in [2.24, 2.45) is 0 Å². The Bertz CT molecular complexity index is 1100. The fraction of sp³-hybridized carbons (Fsp3) is 0.273. The molecule has 1 aliphatic heterocycles. The van der Waals surface area contributed by atoms with Gasteiger partial charge in [-0.1, -0.05) is 30.3 Å². The molecule has 1 unspecified atom stereocenters. The zero-order valence-corrected chi connectivity index (χ0v) is 17.8. The predicted molar refractivity (Wildman–Crippen MR) is 114 cm³/mol. The number of nitrogens with one attached hydrogen (secondary N) is 1. The van der Waals surface area contributed by atoms with Crippen molar-refractivity contribution in [2.75, 3.05) is 13.1 Å². The number of thiophene rings is 1. The fourth-order valence-electron chi connectivity index (χ4n) is 3.73. The maximum atomic E-state index is 13.5. The summed E-state index contributed by atoms with van der Waals surface area (Å²) in [6.07, 6.45) is 0.946. The molecular weight excluding hydrogens is 407 g/mol. The molecule has 2 aromatic carbocycles.